The van der Waals surface area contributed by atoms with Gasteiger partial charge < -0.3 is 19.5 Å². The molecule has 0 radical (unpaired) electrons. The van der Waals surface area contributed by atoms with Gasteiger partial charge in [0.2, 0.25) is 0 Å². The van der Waals surface area contributed by atoms with Crippen LogP contribution in [0.2, 0.25) is 0 Å². The van der Waals surface area contributed by atoms with Gasteiger partial charge in [-0.05, 0) is 12.0 Å². The minimum absolute atomic E-state index is 0.0442. The van der Waals surface area contributed by atoms with Gasteiger partial charge in [0, 0.05) is 39.8 Å². The molecule has 5 nitrogen and oxygen atoms in total. The molecule has 1 N–H and O–H groups in total. The van der Waals surface area contributed by atoms with Crippen LogP contribution < -0.4 is 5.32 Å². The van der Waals surface area contributed by atoms with Crippen LogP contribution in [0.1, 0.15) is 24.4 Å². The lowest BCUT2D eigenvalue weighted by molar-refractivity contribution is -0.171. The smallest absolute Gasteiger partial charge is 0.142 e. The van der Waals surface area contributed by atoms with Crippen molar-refractivity contribution in [2.75, 3.05) is 21.3 Å². The lowest BCUT2D eigenvalue weighted by Gasteiger charge is -2.48. The van der Waals surface area contributed by atoms with E-state index in [1.54, 1.807) is 21.3 Å². The number of fused-ring (bicyclic) bond motifs is 1. The lowest BCUT2D eigenvalue weighted by Crippen LogP contribution is -2.63. The Labute approximate surface area is 137 Å². The molecule has 2 aliphatic rings. The molecule has 3 rings (SSSR count). The fourth-order valence-electron chi connectivity index (χ4n) is 4.11. The fourth-order valence-corrected chi connectivity index (χ4v) is 4.11. The minimum Gasteiger partial charge on any atom is -0.379 e. The number of methoxy groups -OCH3 is 3. The maximum absolute atomic E-state index is 12.8. The number of ether oxygens (including phenoxy) is 3. The van der Waals surface area contributed by atoms with Gasteiger partial charge in [-0.1, -0.05) is 30.3 Å². The van der Waals surface area contributed by atoms with Crippen LogP contribution in [-0.4, -0.2) is 51.5 Å². The molecule has 0 spiro atoms. The molecule has 1 saturated heterocycles. The van der Waals surface area contributed by atoms with E-state index >= 15 is 0 Å². The maximum atomic E-state index is 12.8. The van der Waals surface area contributed by atoms with E-state index in [1.165, 1.54) is 0 Å². The summed E-state index contributed by atoms with van der Waals surface area (Å²) in [5.74, 6) is 0.0577. The second-order valence-electron chi connectivity index (χ2n) is 6.34. The third kappa shape index (κ3) is 3.06. The number of hydrogen-bond donors (Lipinski definition) is 1. The first kappa shape index (κ1) is 16.6. The van der Waals surface area contributed by atoms with Crippen LogP contribution in [0.3, 0.4) is 0 Å². The monoisotopic (exact) mass is 319 g/mol. The molecule has 6 unspecified atom stereocenters. The molecule has 1 saturated carbocycles. The van der Waals surface area contributed by atoms with E-state index < -0.39 is 0 Å². The topological polar surface area (TPSA) is 56.8 Å². The summed E-state index contributed by atoms with van der Waals surface area (Å²) in [7, 11) is 4.97. The van der Waals surface area contributed by atoms with Crippen molar-refractivity contribution >= 4 is 5.78 Å². The molecule has 0 bridgehead atoms. The van der Waals surface area contributed by atoms with E-state index in [2.05, 4.69) is 17.4 Å². The first-order valence-electron chi connectivity index (χ1n) is 8.11. The zero-order chi connectivity index (χ0) is 16.4. The average Bonchev–Trinajstić information content (AvgIpc) is 2.60. The Hall–Kier alpha value is -1.27. The number of benzene rings is 1. The second-order valence-corrected chi connectivity index (χ2v) is 6.34. The number of carbonyl (C=O) groups is 1. The quantitative estimate of drug-likeness (QED) is 0.916. The molecule has 5 heteroatoms. The van der Waals surface area contributed by atoms with Crippen LogP contribution >= 0.6 is 0 Å². The summed E-state index contributed by atoms with van der Waals surface area (Å²) in [5, 5.41) is 3.64. The molecule has 0 aromatic heterocycles. The molecule has 1 aromatic carbocycles. The predicted molar refractivity (Wildman–Crippen MR) is 86.2 cm³/mol. The van der Waals surface area contributed by atoms with Crippen LogP contribution in [0.25, 0.3) is 0 Å². The van der Waals surface area contributed by atoms with E-state index in [-0.39, 0.29) is 42.1 Å². The zero-order valence-electron chi connectivity index (χ0n) is 13.9. The second kappa shape index (κ2) is 7.09. The Morgan fingerprint density at radius 3 is 2.30 bits per heavy atom. The van der Waals surface area contributed by atoms with Gasteiger partial charge in [-0.2, -0.15) is 0 Å². The summed E-state index contributed by atoms with van der Waals surface area (Å²) in [6.07, 6.45) is 0.653. The highest BCUT2D eigenvalue weighted by Crippen LogP contribution is 2.38. The van der Waals surface area contributed by atoms with Crippen molar-refractivity contribution in [3.63, 3.8) is 0 Å². The number of piperidine rings is 1. The number of Topliss-reactive ketones (excluding diaryl/α,β-unsaturated/α-hetero) is 1. The third-order valence-electron chi connectivity index (χ3n) is 5.21. The van der Waals surface area contributed by atoms with Crippen molar-refractivity contribution < 1.29 is 19.0 Å². The van der Waals surface area contributed by atoms with Crippen LogP contribution in [0.5, 0.6) is 0 Å². The average molecular weight is 319 g/mol. The number of nitrogens with one attached hydrogen (secondary N) is 1. The Morgan fingerprint density at radius 2 is 1.70 bits per heavy atom. The molecule has 1 aliphatic carbocycles. The van der Waals surface area contributed by atoms with Crippen molar-refractivity contribution in [1.82, 2.24) is 5.32 Å². The highest BCUT2D eigenvalue weighted by molar-refractivity contribution is 5.84. The largest absolute Gasteiger partial charge is 0.379 e. The molecule has 0 amide bonds. The molecule has 1 aromatic rings. The maximum Gasteiger partial charge on any atom is 0.142 e. The van der Waals surface area contributed by atoms with Crippen molar-refractivity contribution in [1.29, 1.82) is 0 Å². The molecule has 6 atom stereocenters. The van der Waals surface area contributed by atoms with Gasteiger partial charge >= 0.3 is 0 Å². The summed E-state index contributed by atoms with van der Waals surface area (Å²) in [6, 6.07) is 10.2. The number of ketones is 1. The Bertz CT molecular complexity index is 535. The van der Waals surface area contributed by atoms with Gasteiger partial charge in [0.05, 0.1) is 18.1 Å². The van der Waals surface area contributed by atoms with Crippen LogP contribution in [-0.2, 0) is 19.0 Å². The van der Waals surface area contributed by atoms with Gasteiger partial charge in [-0.25, -0.2) is 0 Å². The van der Waals surface area contributed by atoms with Crippen LogP contribution in [0, 0.1) is 5.92 Å². The first-order chi connectivity index (χ1) is 11.2. The summed E-state index contributed by atoms with van der Waals surface area (Å²) < 4.78 is 16.8. The van der Waals surface area contributed by atoms with E-state index in [4.69, 9.17) is 14.2 Å². The summed E-state index contributed by atoms with van der Waals surface area (Å²) >= 11 is 0. The summed E-state index contributed by atoms with van der Waals surface area (Å²) in [4.78, 5) is 12.8. The Balaban J connectivity index is 1.85. The van der Waals surface area contributed by atoms with E-state index in [0.717, 1.165) is 12.0 Å². The number of carbonyl (C=O) groups excluding carboxylic acids is 1. The van der Waals surface area contributed by atoms with Crippen molar-refractivity contribution in [2.24, 2.45) is 5.92 Å². The van der Waals surface area contributed by atoms with Gasteiger partial charge in [0.15, 0.2) is 0 Å². The number of hydrogen-bond acceptors (Lipinski definition) is 5. The van der Waals surface area contributed by atoms with Crippen molar-refractivity contribution in [3.8, 4) is 0 Å². The van der Waals surface area contributed by atoms with Gasteiger partial charge in [-0.3, -0.25) is 4.79 Å². The SMILES string of the molecule is COC1CC2NC(c3ccccc3)CC(=O)C2C(OC)C1OC. The summed E-state index contributed by atoms with van der Waals surface area (Å²) in [6.45, 7) is 0. The Morgan fingerprint density at radius 1 is 1.00 bits per heavy atom. The van der Waals surface area contributed by atoms with Gasteiger partial charge in [-0.15, -0.1) is 0 Å². The third-order valence-corrected chi connectivity index (χ3v) is 5.21. The normalized spacial score (nSPS) is 37.4. The number of rotatable bonds is 4. The minimum atomic E-state index is -0.277. The molecule has 23 heavy (non-hydrogen) atoms. The highest BCUT2D eigenvalue weighted by atomic mass is 16.6. The first-order valence-corrected chi connectivity index (χ1v) is 8.11. The van der Waals surface area contributed by atoms with Crippen LogP contribution in [0.4, 0.5) is 0 Å². The molecule has 1 heterocycles. The lowest BCUT2D eigenvalue weighted by atomic mass is 9.71. The molecular formula is C18H25NO4. The fraction of sp³-hybridized carbons (Fsp3) is 0.611. The Kier molecular flexibility index (Phi) is 5.11. The van der Waals surface area contributed by atoms with E-state index in [0.29, 0.717) is 6.42 Å². The van der Waals surface area contributed by atoms with Crippen molar-refractivity contribution in [3.05, 3.63) is 35.9 Å². The van der Waals surface area contributed by atoms with Gasteiger partial charge in [0.1, 0.15) is 11.9 Å². The molecule has 1 aliphatic heterocycles. The standard InChI is InChI=1S/C18H25NO4/c1-21-15-10-13-16(18(23-3)17(15)22-2)14(20)9-12(19-13)11-7-5-4-6-8-11/h4-8,12-13,15-19H,9-10H2,1-3H3. The van der Waals surface area contributed by atoms with Gasteiger partial charge in [0.25, 0.3) is 0 Å². The molecule has 2 fully saturated rings. The highest BCUT2D eigenvalue weighted by Gasteiger charge is 2.51. The molecule has 126 valence electrons. The van der Waals surface area contributed by atoms with E-state index in [9.17, 15) is 4.79 Å². The van der Waals surface area contributed by atoms with Crippen LogP contribution in [0.15, 0.2) is 30.3 Å². The predicted octanol–water partition coefficient (Wildman–Crippen LogP) is 1.72. The van der Waals surface area contributed by atoms with E-state index in [1.807, 2.05) is 18.2 Å². The zero-order valence-corrected chi connectivity index (χ0v) is 13.9. The molecular weight excluding hydrogens is 294 g/mol. The summed E-state index contributed by atoms with van der Waals surface area (Å²) in [5.41, 5.74) is 1.15. The van der Waals surface area contributed by atoms with Crippen molar-refractivity contribution in [2.45, 2.75) is 43.2 Å².